The van der Waals surface area contributed by atoms with Crippen LogP contribution in [0.25, 0.3) is 11.0 Å². The van der Waals surface area contributed by atoms with Crippen LogP contribution >= 0.6 is 0 Å². The fraction of sp³-hybridized carbons (Fsp3) is 0.538. The Morgan fingerprint density at radius 3 is 2.74 bits per heavy atom. The van der Waals surface area contributed by atoms with Gasteiger partial charge in [-0.05, 0) is 68.5 Å². The van der Waals surface area contributed by atoms with Crippen molar-refractivity contribution in [2.75, 3.05) is 45.4 Å². The maximum Gasteiger partial charge on any atom is 0.374 e. The summed E-state index contributed by atoms with van der Waals surface area (Å²) in [5.74, 6) is -0.418. The van der Waals surface area contributed by atoms with Gasteiger partial charge in [0.15, 0.2) is 0 Å². The topological polar surface area (TPSA) is 99.0 Å². The van der Waals surface area contributed by atoms with Crippen molar-refractivity contribution in [2.45, 2.75) is 51.0 Å². The number of fused-ring (bicyclic) bond motifs is 1. The molecule has 0 spiro atoms. The van der Waals surface area contributed by atoms with E-state index < -0.39 is 5.97 Å². The Balaban J connectivity index is 1.33. The van der Waals surface area contributed by atoms with Crippen molar-refractivity contribution in [2.24, 2.45) is 0 Å². The first kappa shape index (κ1) is 24.4. The third kappa shape index (κ3) is 6.25. The van der Waals surface area contributed by atoms with Crippen LogP contribution in [-0.2, 0) is 19.0 Å². The molecule has 1 saturated carbocycles. The van der Waals surface area contributed by atoms with Crippen molar-refractivity contribution < 1.29 is 28.2 Å². The number of carbonyl (C=O) groups is 2. The second-order valence-electron chi connectivity index (χ2n) is 8.77. The molecule has 0 unspecified atom stereocenters. The standard InChI is InChI=1S/C26H34N2O6/c1-31-14-15-32-12-5-13-33-26(30)23-17-19-16-20(8-9-22(19)34-23)28-25(29)24-21(10-11-27-24)18-6-3-2-4-7-18/h8-9,16-17,24,27H,2-7,10-15H2,1H3,(H,28,29)/t24-/m0/s1. The summed E-state index contributed by atoms with van der Waals surface area (Å²) in [7, 11) is 1.62. The van der Waals surface area contributed by atoms with Crippen molar-refractivity contribution >= 4 is 28.5 Å². The lowest BCUT2D eigenvalue weighted by Crippen LogP contribution is -2.37. The summed E-state index contributed by atoms with van der Waals surface area (Å²) in [5.41, 5.74) is 3.98. The molecule has 2 aliphatic rings. The van der Waals surface area contributed by atoms with Crippen LogP contribution in [0.1, 0.15) is 55.5 Å². The first-order valence-electron chi connectivity index (χ1n) is 12.2. The highest BCUT2D eigenvalue weighted by Crippen LogP contribution is 2.31. The number of carbonyl (C=O) groups excluding carboxylic acids is 2. The Bertz CT molecular complexity index is 1020. The van der Waals surface area contributed by atoms with E-state index in [1.165, 1.54) is 30.4 Å². The van der Waals surface area contributed by atoms with E-state index in [0.29, 0.717) is 37.5 Å². The van der Waals surface area contributed by atoms with Gasteiger partial charge in [0, 0.05) is 31.2 Å². The zero-order valence-corrected chi connectivity index (χ0v) is 19.8. The fourth-order valence-electron chi connectivity index (χ4n) is 4.63. The molecule has 8 nitrogen and oxygen atoms in total. The summed E-state index contributed by atoms with van der Waals surface area (Å²) in [4.78, 5) is 25.3. The number of esters is 1. The molecule has 2 fully saturated rings. The van der Waals surface area contributed by atoms with Crippen LogP contribution in [0.2, 0.25) is 0 Å². The van der Waals surface area contributed by atoms with Crippen LogP contribution < -0.4 is 10.6 Å². The van der Waals surface area contributed by atoms with Gasteiger partial charge in [0.05, 0.1) is 19.8 Å². The highest BCUT2D eigenvalue weighted by atomic mass is 16.5. The van der Waals surface area contributed by atoms with E-state index in [1.54, 1.807) is 25.3 Å². The van der Waals surface area contributed by atoms with Gasteiger partial charge in [0.25, 0.3) is 0 Å². The van der Waals surface area contributed by atoms with Crippen molar-refractivity contribution in [1.82, 2.24) is 5.32 Å². The van der Waals surface area contributed by atoms with E-state index in [0.717, 1.165) is 31.2 Å². The summed E-state index contributed by atoms with van der Waals surface area (Å²) in [6.45, 7) is 2.63. The number of hydrogen-bond acceptors (Lipinski definition) is 7. The van der Waals surface area contributed by atoms with Gasteiger partial charge >= 0.3 is 5.97 Å². The highest BCUT2D eigenvalue weighted by Gasteiger charge is 2.30. The van der Waals surface area contributed by atoms with Crippen molar-refractivity contribution in [3.63, 3.8) is 0 Å². The van der Waals surface area contributed by atoms with E-state index >= 15 is 0 Å². The molecule has 1 aromatic heterocycles. The van der Waals surface area contributed by atoms with Gasteiger partial charge < -0.3 is 29.3 Å². The first-order valence-corrected chi connectivity index (χ1v) is 12.2. The van der Waals surface area contributed by atoms with Crippen molar-refractivity contribution in [3.8, 4) is 0 Å². The van der Waals surface area contributed by atoms with Gasteiger partial charge in [0.2, 0.25) is 11.7 Å². The van der Waals surface area contributed by atoms with Crippen molar-refractivity contribution in [1.29, 1.82) is 0 Å². The average Bonchev–Trinajstić information content (AvgIpc) is 3.51. The molecule has 2 N–H and O–H groups in total. The molecule has 1 aromatic carbocycles. The highest BCUT2D eigenvalue weighted by molar-refractivity contribution is 5.99. The monoisotopic (exact) mass is 470 g/mol. The minimum absolute atomic E-state index is 0.0410. The minimum atomic E-state index is -0.516. The number of allylic oxidation sites excluding steroid dienone is 1. The Labute approximate surface area is 200 Å². The maximum absolute atomic E-state index is 13.0. The third-order valence-electron chi connectivity index (χ3n) is 6.35. The van der Waals surface area contributed by atoms with Crippen LogP contribution in [0, 0.1) is 0 Å². The molecule has 2 aromatic rings. The molecule has 1 aliphatic carbocycles. The van der Waals surface area contributed by atoms with Crippen LogP contribution in [0.4, 0.5) is 5.69 Å². The Morgan fingerprint density at radius 1 is 1.06 bits per heavy atom. The molecule has 0 bridgehead atoms. The van der Waals surface area contributed by atoms with Gasteiger partial charge in [-0.25, -0.2) is 4.79 Å². The van der Waals surface area contributed by atoms with E-state index in [2.05, 4.69) is 10.6 Å². The number of rotatable bonds is 10. The van der Waals surface area contributed by atoms with Gasteiger partial charge in [-0.15, -0.1) is 0 Å². The zero-order chi connectivity index (χ0) is 23.8. The predicted molar refractivity (Wildman–Crippen MR) is 129 cm³/mol. The summed E-state index contributed by atoms with van der Waals surface area (Å²) < 4.78 is 21.2. The summed E-state index contributed by atoms with van der Waals surface area (Å²) in [6, 6.07) is 6.75. The zero-order valence-electron chi connectivity index (χ0n) is 19.8. The van der Waals surface area contributed by atoms with Crippen molar-refractivity contribution in [3.05, 3.63) is 41.2 Å². The smallest absolute Gasteiger partial charge is 0.374 e. The second-order valence-corrected chi connectivity index (χ2v) is 8.77. The van der Waals surface area contributed by atoms with Gasteiger partial charge in [-0.2, -0.15) is 0 Å². The lowest BCUT2D eigenvalue weighted by Gasteiger charge is -2.20. The second kappa shape index (κ2) is 12.1. The predicted octanol–water partition coefficient (Wildman–Crippen LogP) is 4.20. The van der Waals surface area contributed by atoms with Crippen LogP contribution in [-0.4, -0.2) is 58.0 Å². The van der Waals surface area contributed by atoms with Crippen LogP contribution in [0.3, 0.4) is 0 Å². The largest absolute Gasteiger partial charge is 0.460 e. The minimum Gasteiger partial charge on any atom is -0.460 e. The molecule has 4 rings (SSSR count). The summed E-state index contributed by atoms with van der Waals surface area (Å²) in [6.07, 6.45) is 7.49. The molecule has 34 heavy (non-hydrogen) atoms. The number of hydrogen-bond donors (Lipinski definition) is 2. The lowest BCUT2D eigenvalue weighted by atomic mass is 9.88. The Kier molecular flexibility index (Phi) is 8.73. The lowest BCUT2D eigenvalue weighted by molar-refractivity contribution is -0.117. The molecule has 0 radical (unpaired) electrons. The third-order valence-corrected chi connectivity index (χ3v) is 6.35. The van der Waals surface area contributed by atoms with E-state index in [-0.39, 0.29) is 24.3 Å². The fourth-order valence-corrected chi connectivity index (χ4v) is 4.63. The number of anilines is 1. The van der Waals surface area contributed by atoms with E-state index in [9.17, 15) is 9.59 Å². The molecule has 1 saturated heterocycles. The van der Waals surface area contributed by atoms with Gasteiger partial charge in [-0.1, -0.05) is 12.0 Å². The van der Waals surface area contributed by atoms with Gasteiger partial charge in [-0.3, -0.25) is 4.79 Å². The van der Waals surface area contributed by atoms with Gasteiger partial charge in [0.1, 0.15) is 11.6 Å². The SMILES string of the molecule is COCCOCCCOC(=O)c1cc2cc(NC(=O)[C@H]3NCCC3=C3CCCCC3)ccc2o1. The molecular formula is C26H34N2O6. The number of ether oxygens (including phenoxy) is 3. The number of furan rings is 1. The molecule has 2 heterocycles. The molecule has 184 valence electrons. The average molecular weight is 471 g/mol. The van der Waals surface area contributed by atoms with Crippen LogP contribution in [0.15, 0.2) is 39.8 Å². The van der Waals surface area contributed by atoms with E-state index in [1.807, 2.05) is 6.07 Å². The Hall–Kier alpha value is -2.68. The number of benzene rings is 1. The quantitative estimate of drug-likeness (QED) is 0.305. The molecule has 1 aliphatic heterocycles. The summed E-state index contributed by atoms with van der Waals surface area (Å²) >= 11 is 0. The molecule has 1 atom stereocenters. The number of methoxy groups -OCH3 is 1. The number of amides is 1. The Morgan fingerprint density at radius 2 is 1.91 bits per heavy atom. The first-order chi connectivity index (χ1) is 16.7. The maximum atomic E-state index is 13.0. The molecule has 8 heteroatoms. The van der Waals surface area contributed by atoms with Crippen LogP contribution in [0.5, 0.6) is 0 Å². The normalized spacial score (nSPS) is 18.4. The summed E-state index contributed by atoms with van der Waals surface area (Å²) in [5, 5.41) is 7.12. The number of nitrogens with one attached hydrogen (secondary N) is 2. The van der Waals surface area contributed by atoms with E-state index in [4.69, 9.17) is 18.6 Å². The molecule has 1 amide bonds. The molecular weight excluding hydrogens is 436 g/mol.